The van der Waals surface area contributed by atoms with Crippen molar-refractivity contribution in [3.63, 3.8) is 0 Å². The number of nitrogens with zero attached hydrogens (tertiary/aromatic N) is 2. The Morgan fingerprint density at radius 1 is 1.34 bits per heavy atom. The third-order valence-electron chi connectivity index (χ3n) is 4.96. The van der Waals surface area contributed by atoms with Crippen LogP contribution in [0.1, 0.15) is 31.1 Å². The van der Waals surface area contributed by atoms with Crippen molar-refractivity contribution >= 4 is 46.6 Å². The van der Waals surface area contributed by atoms with Crippen LogP contribution in [-0.2, 0) is 20.2 Å². The second-order valence-electron chi connectivity index (χ2n) is 6.88. The van der Waals surface area contributed by atoms with Gasteiger partial charge in [0.2, 0.25) is 0 Å². The molecule has 0 radical (unpaired) electrons. The minimum absolute atomic E-state index is 0.0274. The average molecular weight is 457 g/mol. The molecule has 0 spiro atoms. The van der Waals surface area contributed by atoms with Crippen LogP contribution in [0.2, 0.25) is 5.02 Å². The number of halogens is 1. The van der Waals surface area contributed by atoms with E-state index in [1.807, 2.05) is 18.2 Å². The van der Waals surface area contributed by atoms with Gasteiger partial charge in [-0.3, -0.25) is 9.05 Å². The second-order valence-corrected chi connectivity index (χ2v) is 10.3. The predicted molar refractivity (Wildman–Crippen MR) is 120 cm³/mol. The first-order chi connectivity index (χ1) is 13.9. The predicted octanol–water partition coefficient (Wildman–Crippen LogP) is 5.65. The van der Waals surface area contributed by atoms with Gasteiger partial charge in [0.1, 0.15) is 5.84 Å². The van der Waals surface area contributed by atoms with Gasteiger partial charge in [0.25, 0.3) is 0 Å². The second kappa shape index (κ2) is 9.73. The number of hydrogen-bond donors (Lipinski definition) is 1. The van der Waals surface area contributed by atoms with Crippen LogP contribution < -0.4 is 0 Å². The van der Waals surface area contributed by atoms with E-state index >= 15 is 0 Å². The monoisotopic (exact) mass is 456 g/mol. The van der Waals surface area contributed by atoms with Gasteiger partial charge >= 0.3 is 7.75 Å². The zero-order chi connectivity index (χ0) is 21.0. The molecule has 1 aromatic heterocycles. The van der Waals surface area contributed by atoms with Gasteiger partial charge in [-0.15, -0.1) is 11.3 Å². The SMILES string of the molecule is COP(=O)(/N=C1/CC(CCCO)=CC(C)N1Cc1sc2ccccc2c1Cl)OC. The lowest BCUT2D eigenvalue weighted by Crippen LogP contribution is -2.40. The maximum absolute atomic E-state index is 12.7. The molecule has 1 aliphatic heterocycles. The number of hydrogen-bond acceptors (Lipinski definition) is 5. The summed E-state index contributed by atoms with van der Waals surface area (Å²) < 4.78 is 28.3. The number of thiophene rings is 1. The molecule has 158 valence electrons. The van der Waals surface area contributed by atoms with Gasteiger partial charge in [0.05, 0.1) is 11.6 Å². The van der Waals surface area contributed by atoms with Crippen molar-refractivity contribution in [2.75, 3.05) is 20.8 Å². The fourth-order valence-electron chi connectivity index (χ4n) is 3.45. The molecule has 1 unspecified atom stereocenters. The Morgan fingerprint density at radius 3 is 2.72 bits per heavy atom. The number of amidine groups is 1. The minimum Gasteiger partial charge on any atom is -0.396 e. The molecule has 0 amide bonds. The topological polar surface area (TPSA) is 71.4 Å². The van der Waals surface area contributed by atoms with Gasteiger partial charge in [-0.2, -0.15) is 4.76 Å². The lowest BCUT2D eigenvalue weighted by Gasteiger charge is -2.35. The molecule has 0 aliphatic carbocycles. The standard InChI is InChI=1S/C20H26ClN2O4PS/c1-14-11-15(7-6-10-24)12-19(22-28(25,26-2)27-3)23(14)13-18-20(21)16-8-4-5-9-17(16)29-18/h4-5,8-9,11,14,24H,6-7,10,12-13H2,1-3H3/b22-19-. The number of aliphatic hydroxyl groups excluding tert-OH is 1. The summed E-state index contributed by atoms with van der Waals surface area (Å²) in [4.78, 5) is 3.12. The summed E-state index contributed by atoms with van der Waals surface area (Å²) in [6.07, 6.45) is 4.16. The Morgan fingerprint density at radius 2 is 2.07 bits per heavy atom. The van der Waals surface area contributed by atoms with Crippen molar-refractivity contribution in [1.82, 2.24) is 4.90 Å². The highest BCUT2D eigenvalue weighted by Gasteiger charge is 2.29. The summed E-state index contributed by atoms with van der Waals surface area (Å²) in [5.74, 6) is 0.647. The van der Waals surface area contributed by atoms with Gasteiger partial charge in [-0.05, 0) is 25.8 Å². The lowest BCUT2D eigenvalue weighted by molar-refractivity contribution is 0.274. The summed E-state index contributed by atoms with van der Waals surface area (Å²) in [5, 5.41) is 11.0. The third kappa shape index (κ3) is 5.10. The highest BCUT2D eigenvalue weighted by Crippen LogP contribution is 2.49. The van der Waals surface area contributed by atoms with Crippen molar-refractivity contribution in [2.45, 2.75) is 38.8 Å². The molecular formula is C20H26ClN2O4PS. The Labute approximate surface area is 180 Å². The first kappa shape index (κ1) is 22.5. The zero-order valence-electron chi connectivity index (χ0n) is 16.8. The number of aliphatic hydroxyl groups is 1. The van der Waals surface area contributed by atoms with Crippen LogP contribution in [0.3, 0.4) is 0 Å². The Hall–Kier alpha value is -1.21. The van der Waals surface area contributed by atoms with Gasteiger partial charge in [0, 0.05) is 48.3 Å². The maximum atomic E-state index is 12.7. The van der Waals surface area contributed by atoms with Gasteiger partial charge in [-0.1, -0.05) is 41.4 Å². The molecule has 0 saturated carbocycles. The van der Waals surface area contributed by atoms with Crippen LogP contribution in [-0.4, -0.2) is 42.7 Å². The lowest BCUT2D eigenvalue weighted by atomic mass is 9.98. The Bertz CT molecular complexity index is 967. The van der Waals surface area contributed by atoms with Crippen LogP contribution in [0, 0.1) is 0 Å². The van der Waals surface area contributed by atoms with E-state index in [1.54, 1.807) is 11.3 Å². The summed E-state index contributed by atoms with van der Waals surface area (Å²) in [6, 6.07) is 8.08. The molecule has 0 bridgehead atoms. The Kier molecular flexibility index (Phi) is 7.54. The maximum Gasteiger partial charge on any atom is 0.454 e. The third-order valence-corrected chi connectivity index (χ3v) is 8.05. The van der Waals surface area contributed by atoms with Gasteiger partial charge < -0.3 is 10.0 Å². The van der Waals surface area contributed by atoms with Crippen LogP contribution in [0.5, 0.6) is 0 Å². The molecule has 0 fully saturated rings. The minimum atomic E-state index is -3.57. The summed E-state index contributed by atoms with van der Waals surface area (Å²) in [5.41, 5.74) is 1.16. The van der Waals surface area contributed by atoms with Crippen molar-refractivity contribution in [2.24, 2.45) is 4.76 Å². The summed E-state index contributed by atoms with van der Waals surface area (Å²) in [6.45, 7) is 2.75. The van der Waals surface area contributed by atoms with E-state index in [9.17, 15) is 9.67 Å². The number of fused-ring (bicyclic) bond motifs is 1. The molecule has 1 atom stereocenters. The molecule has 29 heavy (non-hydrogen) atoms. The highest BCUT2D eigenvalue weighted by molar-refractivity contribution is 7.52. The van der Waals surface area contributed by atoms with E-state index in [1.165, 1.54) is 14.2 Å². The fourth-order valence-corrected chi connectivity index (χ4v) is 5.73. The molecule has 1 aliphatic rings. The zero-order valence-corrected chi connectivity index (χ0v) is 19.3. The first-order valence-electron chi connectivity index (χ1n) is 9.44. The molecule has 6 nitrogen and oxygen atoms in total. The molecule has 2 heterocycles. The molecule has 1 N–H and O–H groups in total. The van der Waals surface area contributed by atoms with E-state index in [-0.39, 0.29) is 12.6 Å². The Balaban J connectivity index is 1.98. The molecule has 2 aromatic rings. The molecular weight excluding hydrogens is 431 g/mol. The van der Waals surface area contributed by atoms with E-state index in [2.05, 4.69) is 28.7 Å². The van der Waals surface area contributed by atoms with Gasteiger partial charge in [0.15, 0.2) is 0 Å². The van der Waals surface area contributed by atoms with Crippen LogP contribution in [0.15, 0.2) is 40.7 Å². The largest absolute Gasteiger partial charge is 0.454 e. The fraction of sp³-hybridized carbons (Fsp3) is 0.450. The van der Waals surface area contributed by atoms with Crippen LogP contribution in [0.25, 0.3) is 10.1 Å². The van der Waals surface area contributed by atoms with E-state index in [4.69, 9.17) is 20.6 Å². The molecule has 3 rings (SSSR count). The van der Waals surface area contributed by atoms with Crippen molar-refractivity contribution in [3.8, 4) is 0 Å². The van der Waals surface area contributed by atoms with Crippen LogP contribution >= 0.6 is 30.7 Å². The van der Waals surface area contributed by atoms with Crippen molar-refractivity contribution in [1.29, 1.82) is 0 Å². The van der Waals surface area contributed by atoms with E-state index in [0.29, 0.717) is 25.2 Å². The molecule has 9 heteroatoms. The van der Waals surface area contributed by atoms with Crippen molar-refractivity contribution in [3.05, 3.63) is 45.8 Å². The summed E-state index contributed by atoms with van der Waals surface area (Å²) >= 11 is 8.31. The van der Waals surface area contributed by atoms with E-state index < -0.39 is 7.75 Å². The molecule has 1 aromatic carbocycles. The molecule has 0 saturated heterocycles. The highest BCUT2D eigenvalue weighted by atomic mass is 35.5. The first-order valence-corrected chi connectivity index (χ1v) is 12.1. The van der Waals surface area contributed by atoms with Crippen molar-refractivity contribution < 1.29 is 18.7 Å². The van der Waals surface area contributed by atoms with Crippen LogP contribution in [0.4, 0.5) is 0 Å². The quantitative estimate of drug-likeness (QED) is 0.410. The smallest absolute Gasteiger partial charge is 0.396 e. The number of benzene rings is 1. The summed E-state index contributed by atoms with van der Waals surface area (Å²) in [7, 11) is -0.911. The number of rotatable bonds is 8. The van der Waals surface area contributed by atoms with E-state index in [0.717, 1.165) is 32.0 Å². The normalized spacial score (nSPS) is 19.2. The average Bonchev–Trinajstić information content (AvgIpc) is 3.04. The van der Waals surface area contributed by atoms with Gasteiger partial charge in [-0.25, -0.2) is 4.57 Å².